The first kappa shape index (κ1) is 16.9. The molecule has 0 radical (unpaired) electrons. The Morgan fingerprint density at radius 2 is 2.08 bits per heavy atom. The van der Waals surface area contributed by atoms with Crippen molar-refractivity contribution in [2.75, 3.05) is 13.1 Å². The Balaban J connectivity index is 1.28. The van der Waals surface area contributed by atoms with Crippen LogP contribution in [0.5, 0.6) is 0 Å². The van der Waals surface area contributed by atoms with Crippen LogP contribution in [0.15, 0.2) is 53.3 Å². The van der Waals surface area contributed by atoms with Gasteiger partial charge in [-0.05, 0) is 36.6 Å². The summed E-state index contributed by atoms with van der Waals surface area (Å²) in [5, 5.41) is 7.51. The summed E-state index contributed by atoms with van der Waals surface area (Å²) in [6, 6.07) is 12.9. The highest BCUT2D eigenvalue weighted by molar-refractivity contribution is 5.51. The van der Waals surface area contributed by atoms with Crippen LogP contribution in [0.4, 0.5) is 0 Å². The van der Waals surface area contributed by atoms with Crippen LogP contribution < -0.4 is 5.32 Å². The van der Waals surface area contributed by atoms with Gasteiger partial charge in [-0.2, -0.15) is 4.98 Å². The van der Waals surface area contributed by atoms with Gasteiger partial charge in [0.05, 0.1) is 6.54 Å². The number of fused-ring (bicyclic) bond motifs is 1. The number of aromatic nitrogens is 3. The van der Waals surface area contributed by atoms with Gasteiger partial charge in [-0.3, -0.25) is 9.88 Å². The summed E-state index contributed by atoms with van der Waals surface area (Å²) in [4.78, 5) is 11.0. The quantitative estimate of drug-likeness (QED) is 0.738. The molecular weight excluding hydrogens is 326 g/mol. The summed E-state index contributed by atoms with van der Waals surface area (Å²) in [5.74, 6) is 1.18. The van der Waals surface area contributed by atoms with Crippen molar-refractivity contribution in [2.45, 2.75) is 32.5 Å². The number of nitrogens with zero attached hydrogens (tertiary/aromatic N) is 4. The molecule has 0 aliphatic carbocycles. The predicted octanol–water partition coefficient (Wildman–Crippen LogP) is 2.67. The van der Waals surface area contributed by atoms with Crippen LogP contribution in [-0.2, 0) is 19.5 Å². The fourth-order valence-electron chi connectivity index (χ4n) is 3.36. The number of benzene rings is 1. The highest BCUT2D eigenvalue weighted by Crippen LogP contribution is 2.18. The van der Waals surface area contributed by atoms with E-state index >= 15 is 0 Å². The Bertz CT molecular complexity index is 848. The predicted molar refractivity (Wildman–Crippen MR) is 99.3 cm³/mol. The Hall–Kier alpha value is -2.57. The van der Waals surface area contributed by atoms with Gasteiger partial charge in [0, 0.05) is 43.6 Å². The summed E-state index contributed by atoms with van der Waals surface area (Å²) >= 11 is 0. The molecule has 3 aromatic rings. The first-order chi connectivity index (χ1) is 12.8. The second-order valence-electron chi connectivity index (χ2n) is 6.79. The smallest absolute Gasteiger partial charge is 0.240 e. The molecular formula is C20H23N5O. The van der Waals surface area contributed by atoms with Crippen molar-refractivity contribution in [1.82, 2.24) is 25.3 Å². The van der Waals surface area contributed by atoms with Crippen LogP contribution in [0, 0.1) is 0 Å². The minimum Gasteiger partial charge on any atom is -0.338 e. The lowest BCUT2D eigenvalue weighted by atomic mass is 10.00. The zero-order chi connectivity index (χ0) is 17.8. The van der Waals surface area contributed by atoms with Crippen molar-refractivity contribution in [3.63, 3.8) is 0 Å². The van der Waals surface area contributed by atoms with Crippen LogP contribution in [0.2, 0.25) is 0 Å². The number of hydrogen-bond donors (Lipinski definition) is 1. The second-order valence-corrected chi connectivity index (χ2v) is 6.79. The third-order valence-corrected chi connectivity index (χ3v) is 4.73. The average molecular weight is 349 g/mol. The molecule has 1 aliphatic rings. The third-order valence-electron chi connectivity index (χ3n) is 4.73. The van der Waals surface area contributed by atoms with Gasteiger partial charge in [0.15, 0.2) is 0 Å². The fourth-order valence-corrected chi connectivity index (χ4v) is 3.36. The molecule has 0 saturated carbocycles. The van der Waals surface area contributed by atoms with Gasteiger partial charge < -0.3 is 9.84 Å². The summed E-state index contributed by atoms with van der Waals surface area (Å²) in [5.41, 5.74) is 3.80. The van der Waals surface area contributed by atoms with Crippen LogP contribution in [0.1, 0.15) is 23.9 Å². The summed E-state index contributed by atoms with van der Waals surface area (Å²) in [6.07, 6.45) is 4.59. The summed E-state index contributed by atoms with van der Waals surface area (Å²) in [6.45, 7) is 5.89. The second kappa shape index (κ2) is 7.76. The van der Waals surface area contributed by atoms with E-state index in [1.165, 1.54) is 11.1 Å². The van der Waals surface area contributed by atoms with Crippen molar-refractivity contribution >= 4 is 0 Å². The number of hydrogen-bond acceptors (Lipinski definition) is 6. The van der Waals surface area contributed by atoms with Gasteiger partial charge in [-0.15, -0.1) is 0 Å². The molecule has 1 N–H and O–H groups in total. The summed E-state index contributed by atoms with van der Waals surface area (Å²) < 4.78 is 5.34. The minimum absolute atomic E-state index is 0.342. The highest BCUT2D eigenvalue weighted by Gasteiger charge is 2.18. The number of rotatable bonds is 6. The molecule has 4 rings (SSSR count). The van der Waals surface area contributed by atoms with Crippen molar-refractivity contribution in [3.05, 3.63) is 65.8 Å². The Labute approximate surface area is 153 Å². The molecule has 26 heavy (non-hydrogen) atoms. The molecule has 0 saturated heterocycles. The molecule has 0 unspecified atom stereocenters. The highest BCUT2D eigenvalue weighted by atomic mass is 16.5. The van der Waals surface area contributed by atoms with E-state index in [0.29, 0.717) is 24.3 Å². The molecule has 3 heterocycles. The van der Waals surface area contributed by atoms with Crippen LogP contribution in [-0.4, -0.2) is 39.2 Å². The molecule has 134 valence electrons. The van der Waals surface area contributed by atoms with E-state index < -0.39 is 0 Å². The zero-order valence-corrected chi connectivity index (χ0v) is 14.9. The average Bonchev–Trinajstić information content (AvgIpc) is 3.16. The van der Waals surface area contributed by atoms with Crippen molar-refractivity contribution in [3.8, 4) is 11.4 Å². The molecule has 1 aliphatic heterocycles. The lowest BCUT2D eigenvalue weighted by molar-refractivity contribution is 0.226. The molecule has 0 spiro atoms. The maximum atomic E-state index is 5.34. The summed E-state index contributed by atoms with van der Waals surface area (Å²) in [7, 11) is 0. The van der Waals surface area contributed by atoms with E-state index in [-0.39, 0.29) is 0 Å². The van der Waals surface area contributed by atoms with E-state index in [1.54, 1.807) is 12.4 Å². The van der Waals surface area contributed by atoms with E-state index in [9.17, 15) is 0 Å². The first-order valence-electron chi connectivity index (χ1n) is 9.03. The number of nitrogens with one attached hydrogen (secondary N) is 1. The van der Waals surface area contributed by atoms with E-state index in [0.717, 1.165) is 31.6 Å². The fraction of sp³-hybridized carbons (Fsp3) is 0.350. The molecule has 0 bridgehead atoms. The zero-order valence-electron chi connectivity index (χ0n) is 14.9. The minimum atomic E-state index is 0.342. The van der Waals surface area contributed by atoms with Crippen molar-refractivity contribution < 1.29 is 4.52 Å². The first-order valence-corrected chi connectivity index (χ1v) is 9.03. The number of pyridine rings is 1. The Morgan fingerprint density at radius 3 is 2.92 bits per heavy atom. The molecule has 0 fully saturated rings. The van der Waals surface area contributed by atoms with Gasteiger partial charge in [0.25, 0.3) is 0 Å². The monoisotopic (exact) mass is 349 g/mol. The largest absolute Gasteiger partial charge is 0.338 e. The molecule has 6 nitrogen and oxygen atoms in total. The van der Waals surface area contributed by atoms with Crippen LogP contribution >= 0.6 is 0 Å². The lowest BCUT2D eigenvalue weighted by Gasteiger charge is -2.31. The van der Waals surface area contributed by atoms with Crippen LogP contribution in [0.25, 0.3) is 11.4 Å². The standard InChI is InChI=1S/C20H23N5O/c1-15(13-25-10-8-16-5-2-3-6-18(16)14-25)22-12-19-23-20(24-26-19)17-7-4-9-21-11-17/h2-7,9,11,15,22H,8,10,12-14H2,1H3/t15-/m0/s1. The molecule has 6 heteroatoms. The van der Waals surface area contributed by atoms with Crippen LogP contribution in [0.3, 0.4) is 0 Å². The molecule has 1 atom stereocenters. The van der Waals surface area contributed by atoms with Gasteiger partial charge in [0.1, 0.15) is 0 Å². The Morgan fingerprint density at radius 1 is 1.19 bits per heavy atom. The lowest BCUT2D eigenvalue weighted by Crippen LogP contribution is -2.41. The van der Waals surface area contributed by atoms with E-state index in [1.807, 2.05) is 12.1 Å². The normalized spacial score (nSPS) is 15.6. The SMILES string of the molecule is C[C@@H](CN1CCc2ccccc2C1)NCc1nc(-c2cccnc2)no1. The molecule has 1 aromatic carbocycles. The van der Waals surface area contributed by atoms with Gasteiger partial charge in [-0.25, -0.2) is 0 Å². The van der Waals surface area contributed by atoms with Crippen molar-refractivity contribution in [2.24, 2.45) is 0 Å². The van der Waals surface area contributed by atoms with Gasteiger partial charge in [-0.1, -0.05) is 29.4 Å². The van der Waals surface area contributed by atoms with E-state index in [4.69, 9.17) is 4.52 Å². The maximum absolute atomic E-state index is 5.34. The van der Waals surface area contributed by atoms with Crippen molar-refractivity contribution in [1.29, 1.82) is 0 Å². The van der Waals surface area contributed by atoms with E-state index in [2.05, 4.69) is 56.5 Å². The Kier molecular flexibility index (Phi) is 5.04. The molecule has 0 amide bonds. The van der Waals surface area contributed by atoms with Gasteiger partial charge in [0.2, 0.25) is 11.7 Å². The molecule has 2 aromatic heterocycles. The maximum Gasteiger partial charge on any atom is 0.240 e. The topological polar surface area (TPSA) is 67.1 Å². The van der Waals surface area contributed by atoms with Gasteiger partial charge >= 0.3 is 0 Å². The third kappa shape index (κ3) is 3.98.